The second-order valence-electron chi connectivity index (χ2n) is 5.70. The van der Waals surface area contributed by atoms with Gasteiger partial charge in [0.25, 0.3) is 5.91 Å². The van der Waals surface area contributed by atoms with Crippen LogP contribution in [0.15, 0.2) is 41.3 Å². The number of halogens is 4. The molecule has 0 unspecified atom stereocenters. The number of esters is 1. The molecule has 2 N–H and O–H groups in total. The number of ether oxygens (including phenoxy) is 1. The molecule has 7 nitrogen and oxygen atoms in total. The minimum absolute atomic E-state index is 0.0286. The highest BCUT2D eigenvalue weighted by atomic mass is 35.5. The van der Waals surface area contributed by atoms with Gasteiger partial charge < -0.3 is 10.1 Å². The first kappa shape index (κ1) is 23.4. The topological polar surface area (TPSA) is 102 Å². The SMILES string of the molecule is C[C@@H](NS(=O)(=O)c1ccc(Cl)c(Cl)c1)C(=O)OCC(=O)Nc1ccc(F)cc1Cl. The molecule has 0 heterocycles. The Morgan fingerprint density at radius 2 is 1.76 bits per heavy atom. The zero-order valence-electron chi connectivity index (χ0n) is 14.7. The van der Waals surface area contributed by atoms with E-state index >= 15 is 0 Å². The fourth-order valence-electron chi connectivity index (χ4n) is 2.03. The molecule has 0 fully saturated rings. The van der Waals surface area contributed by atoms with Crippen LogP contribution in [0.25, 0.3) is 0 Å². The maximum Gasteiger partial charge on any atom is 0.324 e. The molecule has 12 heteroatoms. The molecule has 2 aromatic carbocycles. The number of amides is 1. The Kier molecular flexibility index (Phi) is 7.84. The largest absolute Gasteiger partial charge is 0.454 e. The summed E-state index contributed by atoms with van der Waals surface area (Å²) in [5, 5.41) is 2.50. The van der Waals surface area contributed by atoms with Crippen molar-refractivity contribution in [2.45, 2.75) is 17.9 Å². The lowest BCUT2D eigenvalue weighted by atomic mass is 10.3. The summed E-state index contributed by atoms with van der Waals surface area (Å²) >= 11 is 17.3. The Bertz CT molecular complexity index is 1050. The number of carbonyl (C=O) groups is 2. The standard InChI is InChI=1S/C17H14Cl3FN2O5S/c1-9(23-29(26,27)11-3-4-12(18)13(19)7-11)17(25)28-8-16(24)22-15-5-2-10(21)6-14(15)20/h2-7,9,23H,8H2,1H3,(H,22,24)/t9-/m1/s1. The minimum Gasteiger partial charge on any atom is -0.454 e. The smallest absolute Gasteiger partial charge is 0.324 e. The third kappa shape index (κ3) is 6.55. The predicted molar refractivity (Wildman–Crippen MR) is 107 cm³/mol. The second-order valence-corrected chi connectivity index (χ2v) is 8.63. The summed E-state index contributed by atoms with van der Waals surface area (Å²) in [6.45, 7) is 0.539. The van der Waals surface area contributed by atoms with Gasteiger partial charge in [-0.3, -0.25) is 9.59 Å². The molecule has 0 aromatic heterocycles. The molecule has 0 aliphatic rings. The van der Waals surface area contributed by atoms with Crippen LogP contribution in [-0.2, 0) is 24.3 Å². The number of hydrogen-bond donors (Lipinski definition) is 2. The maximum atomic E-state index is 13.0. The van der Waals surface area contributed by atoms with Crippen molar-refractivity contribution in [2.75, 3.05) is 11.9 Å². The van der Waals surface area contributed by atoms with E-state index in [2.05, 4.69) is 10.0 Å². The van der Waals surface area contributed by atoms with Crippen LogP contribution in [0.1, 0.15) is 6.92 Å². The molecule has 2 rings (SSSR count). The van der Waals surface area contributed by atoms with E-state index in [0.29, 0.717) is 0 Å². The summed E-state index contributed by atoms with van der Waals surface area (Å²) in [7, 11) is -4.09. The Morgan fingerprint density at radius 1 is 1.07 bits per heavy atom. The van der Waals surface area contributed by atoms with Gasteiger partial charge in [-0.05, 0) is 43.3 Å². The van der Waals surface area contributed by atoms with Crippen LogP contribution in [0.3, 0.4) is 0 Å². The van der Waals surface area contributed by atoms with Crippen LogP contribution in [0.2, 0.25) is 15.1 Å². The number of sulfonamides is 1. The van der Waals surface area contributed by atoms with Crippen molar-refractivity contribution in [3.05, 3.63) is 57.3 Å². The van der Waals surface area contributed by atoms with E-state index < -0.39 is 40.4 Å². The van der Waals surface area contributed by atoms with Gasteiger partial charge >= 0.3 is 5.97 Å². The third-order valence-electron chi connectivity index (χ3n) is 3.44. The highest BCUT2D eigenvalue weighted by Crippen LogP contribution is 2.25. The van der Waals surface area contributed by atoms with Crippen molar-refractivity contribution in [1.82, 2.24) is 4.72 Å². The van der Waals surface area contributed by atoms with Crippen LogP contribution in [0, 0.1) is 5.82 Å². The van der Waals surface area contributed by atoms with E-state index in [9.17, 15) is 22.4 Å². The summed E-state index contributed by atoms with van der Waals surface area (Å²) in [5.74, 6) is -2.32. The molecule has 0 spiro atoms. The molecule has 0 radical (unpaired) electrons. The predicted octanol–water partition coefficient (Wildman–Crippen LogP) is 3.63. The average molecular weight is 484 g/mol. The number of hydrogen-bond acceptors (Lipinski definition) is 5. The highest BCUT2D eigenvalue weighted by molar-refractivity contribution is 7.89. The Balaban J connectivity index is 1.92. The maximum absolute atomic E-state index is 13.0. The Morgan fingerprint density at radius 3 is 2.38 bits per heavy atom. The van der Waals surface area contributed by atoms with Crippen molar-refractivity contribution < 1.29 is 27.1 Å². The summed E-state index contributed by atoms with van der Waals surface area (Å²) in [5.41, 5.74) is 0.127. The normalized spacial score (nSPS) is 12.3. The number of anilines is 1. The van der Waals surface area contributed by atoms with E-state index in [0.717, 1.165) is 18.2 Å². The van der Waals surface area contributed by atoms with E-state index in [1.165, 1.54) is 25.1 Å². The number of benzene rings is 2. The first-order chi connectivity index (χ1) is 13.5. The van der Waals surface area contributed by atoms with Gasteiger partial charge in [0.1, 0.15) is 11.9 Å². The van der Waals surface area contributed by atoms with Gasteiger partial charge in [-0.2, -0.15) is 4.72 Å². The van der Waals surface area contributed by atoms with Gasteiger partial charge in [0.05, 0.1) is 25.7 Å². The molecule has 2 aromatic rings. The molecule has 1 amide bonds. The summed E-state index contributed by atoms with van der Waals surface area (Å²) in [6.07, 6.45) is 0. The lowest BCUT2D eigenvalue weighted by Crippen LogP contribution is -2.40. The van der Waals surface area contributed by atoms with Crippen LogP contribution >= 0.6 is 34.8 Å². The molecule has 0 saturated carbocycles. The monoisotopic (exact) mass is 482 g/mol. The zero-order valence-corrected chi connectivity index (χ0v) is 17.8. The quantitative estimate of drug-likeness (QED) is 0.586. The number of nitrogens with one attached hydrogen (secondary N) is 2. The van der Waals surface area contributed by atoms with E-state index in [-0.39, 0.29) is 25.7 Å². The average Bonchev–Trinajstić information content (AvgIpc) is 2.63. The van der Waals surface area contributed by atoms with Crippen molar-refractivity contribution in [2.24, 2.45) is 0 Å². The summed E-state index contributed by atoms with van der Waals surface area (Å²) in [6, 6.07) is 5.68. The van der Waals surface area contributed by atoms with Gasteiger partial charge in [0.2, 0.25) is 10.0 Å². The van der Waals surface area contributed by atoms with Crippen LogP contribution in [0.4, 0.5) is 10.1 Å². The Hall–Kier alpha value is -1.91. The van der Waals surface area contributed by atoms with E-state index in [4.69, 9.17) is 39.5 Å². The Labute approximate surface area is 181 Å². The van der Waals surface area contributed by atoms with Gasteiger partial charge in [0.15, 0.2) is 6.61 Å². The molecular formula is C17H14Cl3FN2O5S. The molecule has 1 atom stereocenters. The zero-order chi connectivity index (χ0) is 21.8. The van der Waals surface area contributed by atoms with Gasteiger partial charge in [-0.15, -0.1) is 0 Å². The van der Waals surface area contributed by atoms with Crippen molar-refractivity contribution >= 4 is 62.4 Å². The van der Waals surface area contributed by atoms with Gasteiger partial charge in [-0.25, -0.2) is 12.8 Å². The molecule has 0 bridgehead atoms. The number of rotatable bonds is 7. The highest BCUT2D eigenvalue weighted by Gasteiger charge is 2.24. The van der Waals surface area contributed by atoms with Crippen molar-refractivity contribution in [3.8, 4) is 0 Å². The van der Waals surface area contributed by atoms with Crippen molar-refractivity contribution in [3.63, 3.8) is 0 Å². The van der Waals surface area contributed by atoms with Gasteiger partial charge in [-0.1, -0.05) is 34.8 Å². The summed E-state index contributed by atoms with van der Waals surface area (Å²) in [4.78, 5) is 23.6. The fourth-order valence-corrected chi connectivity index (χ4v) is 3.83. The fraction of sp³-hybridized carbons (Fsp3) is 0.176. The first-order valence-electron chi connectivity index (χ1n) is 7.88. The van der Waals surface area contributed by atoms with E-state index in [1.807, 2.05) is 0 Å². The minimum atomic E-state index is -4.09. The van der Waals surface area contributed by atoms with Crippen LogP contribution < -0.4 is 10.0 Å². The van der Waals surface area contributed by atoms with Gasteiger partial charge in [0, 0.05) is 0 Å². The molecular weight excluding hydrogens is 470 g/mol. The molecule has 29 heavy (non-hydrogen) atoms. The molecule has 0 aliphatic heterocycles. The van der Waals surface area contributed by atoms with Crippen LogP contribution in [-0.4, -0.2) is 32.9 Å². The first-order valence-corrected chi connectivity index (χ1v) is 10.5. The van der Waals surface area contributed by atoms with E-state index in [1.54, 1.807) is 0 Å². The second kappa shape index (κ2) is 9.73. The lowest BCUT2D eigenvalue weighted by Gasteiger charge is -2.14. The van der Waals surface area contributed by atoms with Crippen molar-refractivity contribution in [1.29, 1.82) is 0 Å². The molecule has 0 saturated heterocycles. The number of carbonyl (C=O) groups excluding carboxylic acids is 2. The third-order valence-corrected chi connectivity index (χ3v) is 6.03. The summed E-state index contributed by atoms with van der Waals surface area (Å²) < 4.78 is 44.5. The lowest BCUT2D eigenvalue weighted by molar-refractivity contribution is -0.148. The van der Waals surface area contributed by atoms with Crippen LogP contribution in [0.5, 0.6) is 0 Å². The molecule has 0 aliphatic carbocycles. The molecule has 156 valence electrons.